The summed E-state index contributed by atoms with van der Waals surface area (Å²) in [5.41, 5.74) is 3.37. The monoisotopic (exact) mass is 351 g/mol. The van der Waals surface area contributed by atoms with Crippen LogP contribution in [0.4, 0.5) is 0 Å². The van der Waals surface area contributed by atoms with E-state index >= 15 is 0 Å². The highest BCUT2D eigenvalue weighted by molar-refractivity contribution is 5.48. The zero-order valence-corrected chi connectivity index (χ0v) is 14.9. The van der Waals surface area contributed by atoms with Crippen LogP contribution < -0.4 is 9.47 Å². The van der Waals surface area contributed by atoms with Crippen LogP contribution in [0, 0.1) is 0 Å². The van der Waals surface area contributed by atoms with Gasteiger partial charge in [-0.25, -0.2) is 9.97 Å². The van der Waals surface area contributed by atoms with E-state index in [1.54, 1.807) is 20.5 Å². The summed E-state index contributed by atoms with van der Waals surface area (Å²) >= 11 is 0. The summed E-state index contributed by atoms with van der Waals surface area (Å²) < 4.78 is 16.3. The Morgan fingerprint density at radius 1 is 1.15 bits per heavy atom. The number of furan rings is 1. The number of rotatable bonds is 5. The molecule has 0 saturated carbocycles. The molecular weight excluding hydrogens is 330 g/mol. The van der Waals surface area contributed by atoms with Gasteiger partial charge < -0.3 is 13.9 Å². The molecule has 0 aliphatic carbocycles. The lowest BCUT2D eigenvalue weighted by molar-refractivity contribution is 0.238. The van der Waals surface area contributed by atoms with Gasteiger partial charge in [-0.1, -0.05) is 12.1 Å². The molecule has 0 unspecified atom stereocenters. The van der Waals surface area contributed by atoms with Crippen molar-refractivity contribution in [3.63, 3.8) is 0 Å². The molecule has 0 amide bonds. The molecule has 6 nitrogen and oxygen atoms in total. The molecule has 0 radical (unpaired) electrons. The lowest BCUT2D eigenvalue weighted by Gasteiger charge is -2.28. The van der Waals surface area contributed by atoms with Crippen LogP contribution >= 0.6 is 0 Å². The smallest absolute Gasteiger partial charge is 0.195 e. The van der Waals surface area contributed by atoms with Crippen LogP contribution in [0.2, 0.25) is 0 Å². The first-order valence-corrected chi connectivity index (χ1v) is 8.59. The molecule has 26 heavy (non-hydrogen) atoms. The fraction of sp³-hybridized carbons (Fsp3) is 0.300. The Morgan fingerprint density at radius 2 is 2.08 bits per heavy atom. The summed E-state index contributed by atoms with van der Waals surface area (Å²) in [7, 11) is 3.34. The van der Waals surface area contributed by atoms with Gasteiger partial charge in [0.1, 0.15) is 0 Å². The summed E-state index contributed by atoms with van der Waals surface area (Å²) in [5.74, 6) is 2.91. The van der Waals surface area contributed by atoms with Crippen LogP contribution in [0.3, 0.4) is 0 Å². The van der Waals surface area contributed by atoms with E-state index in [0.717, 1.165) is 54.4 Å². The Morgan fingerprint density at radius 3 is 2.85 bits per heavy atom. The van der Waals surface area contributed by atoms with Gasteiger partial charge in [-0.15, -0.1) is 0 Å². The Labute approximate surface area is 152 Å². The van der Waals surface area contributed by atoms with E-state index in [1.165, 1.54) is 0 Å². The number of ether oxygens (including phenoxy) is 2. The highest BCUT2D eigenvalue weighted by Crippen LogP contribution is 2.32. The van der Waals surface area contributed by atoms with E-state index in [4.69, 9.17) is 13.9 Å². The SMILES string of the molecule is COc1cccc(CN2CCc3nc(-c4ccco4)ncc3C2)c1OC. The molecule has 0 N–H and O–H groups in total. The fourth-order valence-corrected chi connectivity index (χ4v) is 3.35. The minimum Gasteiger partial charge on any atom is -0.493 e. The molecule has 0 saturated heterocycles. The lowest BCUT2D eigenvalue weighted by atomic mass is 10.1. The molecule has 0 atom stereocenters. The van der Waals surface area contributed by atoms with Crippen molar-refractivity contribution in [1.82, 2.24) is 14.9 Å². The molecule has 0 spiro atoms. The molecule has 1 aliphatic heterocycles. The first kappa shape index (κ1) is 16.6. The Hall–Kier alpha value is -2.86. The number of benzene rings is 1. The summed E-state index contributed by atoms with van der Waals surface area (Å²) in [4.78, 5) is 11.5. The van der Waals surface area contributed by atoms with Crippen molar-refractivity contribution < 1.29 is 13.9 Å². The number of para-hydroxylation sites is 1. The molecule has 1 aliphatic rings. The van der Waals surface area contributed by atoms with E-state index in [9.17, 15) is 0 Å². The third-order valence-corrected chi connectivity index (χ3v) is 4.63. The van der Waals surface area contributed by atoms with Crippen molar-refractivity contribution in [3.8, 4) is 23.1 Å². The fourth-order valence-electron chi connectivity index (χ4n) is 3.35. The highest BCUT2D eigenvalue weighted by atomic mass is 16.5. The third-order valence-electron chi connectivity index (χ3n) is 4.63. The average molecular weight is 351 g/mol. The number of aromatic nitrogens is 2. The molecular formula is C20H21N3O3. The van der Waals surface area contributed by atoms with Crippen molar-refractivity contribution in [2.75, 3.05) is 20.8 Å². The molecule has 2 aromatic heterocycles. The standard InChI is InChI=1S/C20H21N3O3/c1-24-17-6-3-5-14(19(17)25-2)12-23-9-8-16-15(13-23)11-21-20(22-16)18-7-4-10-26-18/h3-7,10-11H,8-9,12-13H2,1-2H3. The van der Waals surface area contributed by atoms with Crippen molar-refractivity contribution in [2.24, 2.45) is 0 Å². The van der Waals surface area contributed by atoms with Crippen LogP contribution in [0.5, 0.6) is 11.5 Å². The summed E-state index contributed by atoms with van der Waals surface area (Å²) in [6.07, 6.45) is 4.44. The van der Waals surface area contributed by atoms with Crippen LogP contribution in [-0.4, -0.2) is 35.6 Å². The molecule has 134 valence electrons. The molecule has 6 heteroatoms. The maximum absolute atomic E-state index is 5.55. The normalized spacial score (nSPS) is 14.1. The topological polar surface area (TPSA) is 60.6 Å². The predicted octanol–water partition coefficient (Wildman–Crippen LogP) is 3.31. The van der Waals surface area contributed by atoms with Crippen molar-refractivity contribution in [1.29, 1.82) is 0 Å². The van der Waals surface area contributed by atoms with E-state index in [0.29, 0.717) is 11.6 Å². The largest absolute Gasteiger partial charge is 0.493 e. The molecule has 3 heterocycles. The minimum absolute atomic E-state index is 0.650. The van der Waals surface area contributed by atoms with Crippen molar-refractivity contribution >= 4 is 0 Å². The van der Waals surface area contributed by atoms with Crippen molar-refractivity contribution in [3.05, 3.63) is 59.6 Å². The van der Waals surface area contributed by atoms with Gasteiger partial charge >= 0.3 is 0 Å². The number of fused-ring (bicyclic) bond motifs is 1. The van der Waals surface area contributed by atoms with Crippen LogP contribution in [0.1, 0.15) is 16.8 Å². The number of nitrogens with zero attached hydrogens (tertiary/aromatic N) is 3. The highest BCUT2D eigenvalue weighted by Gasteiger charge is 2.21. The van der Waals surface area contributed by atoms with E-state index in [-0.39, 0.29) is 0 Å². The number of hydrogen-bond donors (Lipinski definition) is 0. The third kappa shape index (κ3) is 3.15. The van der Waals surface area contributed by atoms with Gasteiger partial charge in [0.05, 0.1) is 26.2 Å². The van der Waals surface area contributed by atoms with Gasteiger partial charge in [0.2, 0.25) is 0 Å². The van der Waals surface area contributed by atoms with E-state index < -0.39 is 0 Å². The molecule has 0 bridgehead atoms. The zero-order valence-electron chi connectivity index (χ0n) is 14.9. The van der Waals surface area contributed by atoms with Gasteiger partial charge in [0.15, 0.2) is 23.1 Å². The lowest BCUT2D eigenvalue weighted by Crippen LogP contribution is -2.31. The molecule has 0 fully saturated rings. The predicted molar refractivity (Wildman–Crippen MR) is 97.1 cm³/mol. The quantitative estimate of drug-likeness (QED) is 0.703. The first-order chi connectivity index (χ1) is 12.8. The second-order valence-electron chi connectivity index (χ2n) is 6.26. The van der Waals surface area contributed by atoms with Gasteiger partial charge in [-0.3, -0.25) is 4.90 Å². The minimum atomic E-state index is 0.650. The van der Waals surface area contributed by atoms with Gasteiger partial charge in [0, 0.05) is 43.4 Å². The maximum Gasteiger partial charge on any atom is 0.195 e. The first-order valence-electron chi connectivity index (χ1n) is 8.59. The van der Waals surface area contributed by atoms with E-state index in [2.05, 4.69) is 20.9 Å². The second kappa shape index (κ2) is 7.17. The summed E-state index contributed by atoms with van der Waals surface area (Å²) in [6.45, 7) is 2.54. The number of methoxy groups -OCH3 is 2. The van der Waals surface area contributed by atoms with Crippen LogP contribution in [-0.2, 0) is 19.5 Å². The molecule has 4 rings (SSSR count). The maximum atomic E-state index is 5.55. The van der Waals surface area contributed by atoms with Gasteiger partial charge in [0.25, 0.3) is 0 Å². The zero-order chi connectivity index (χ0) is 17.9. The average Bonchev–Trinajstić information content (AvgIpc) is 3.22. The second-order valence-corrected chi connectivity index (χ2v) is 6.26. The number of hydrogen-bond acceptors (Lipinski definition) is 6. The van der Waals surface area contributed by atoms with Gasteiger partial charge in [-0.05, 0) is 18.2 Å². The van der Waals surface area contributed by atoms with Crippen molar-refractivity contribution in [2.45, 2.75) is 19.5 Å². The Balaban J connectivity index is 1.53. The van der Waals surface area contributed by atoms with Gasteiger partial charge in [-0.2, -0.15) is 0 Å². The Bertz CT molecular complexity index is 893. The molecule has 3 aromatic rings. The Kier molecular flexibility index (Phi) is 4.58. The summed E-state index contributed by atoms with van der Waals surface area (Å²) in [5, 5.41) is 0. The van der Waals surface area contributed by atoms with Crippen LogP contribution in [0.15, 0.2) is 47.2 Å². The van der Waals surface area contributed by atoms with E-state index in [1.807, 2.05) is 30.5 Å². The molecule has 1 aromatic carbocycles. The van der Waals surface area contributed by atoms with Crippen LogP contribution in [0.25, 0.3) is 11.6 Å². The summed E-state index contributed by atoms with van der Waals surface area (Å²) in [6, 6.07) is 9.71.